The molecule has 0 aliphatic carbocycles. The second-order valence-corrected chi connectivity index (χ2v) is 5.79. The number of nitrogens with one attached hydrogen (secondary N) is 1. The van der Waals surface area contributed by atoms with Crippen LogP contribution in [0.25, 0.3) is 11.1 Å². The lowest BCUT2D eigenvalue weighted by molar-refractivity contribution is -0.125. The third-order valence-corrected chi connectivity index (χ3v) is 4.04. The summed E-state index contributed by atoms with van der Waals surface area (Å²) in [6, 6.07) is 15.7. The lowest BCUT2D eigenvalue weighted by Crippen LogP contribution is -2.40. The van der Waals surface area contributed by atoms with E-state index in [1.807, 2.05) is 12.1 Å². The Morgan fingerprint density at radius 3 is 2.62 bits per heavy atom. The Balaban J connectivity index is 1.45. The van der Waals surface area contributed by atoms with Gasteiger partial charge in [0.15, 0.2) is 11.5 Å². The molecule has 2 aromatic carbocycles. The van der Waals surface area contributed by atoms with Crippen molar-refractivity contribution in [2.45, 2.75) is 6.10 Å². The van der Waals surface area contributed by atoms with E-state index in [2.05, 4.69) is 10.3 Å². The number of rotatable bonds is 3. The van der Waals surface area contributed by atoms with E-state index in [9.17, 15) is 9.18 Å². The SMILES string of the molecule is O=C(Nc1ccc(-c2ccncc2F)cc1)[C@@H]1COc2ccccc2O1. The number of fused-ring (bicyclic) bond motifs is 1. The van der Waals surface area contributed by atoms with Crippen LogP contribution in [0, 0.1) is 5.82 Å². The minimum Gasteiger partial charge on any atom is -0.485 e. The Hall–Kier alpha value is -3.41. The minimum atomic E-state index is -0.734. The smallest absolute Gasteiger partial charge is 0.269 e. The summed E-state index contributed by atoms with van der Waals surface area (Å²) in [5, 5.41) is 2.79. The zero-order valence-corrected chi connectivity index (χ0v) is 13.7. The zero-order valence-electron chi connectivity index (χ0n) is 13.7. The van der Waals surface area contributed by atoms with Crippen LogP contribution >= 0.6 is 0 Å². The molecule has 3 aromatic rings. The van der Waals surface area contributed by atoms with Gasteiger partial charge in [-0.1, -0.05) is 24.3 Å². The predicted molar refractivity (Wildman–Crippen MR) is 94.6 cm³/mol. The molecule has 1 aliphatic rings. The molecule has 26 heavy (non-hydrogen) atoms. The molecule has 1 aliphatic heterocycles. The van der Waals surface area contributed by atoms with Crippen molar-refractivity contribution in [3.05, 3.63) is 72.8 Å². The van der Waals surface area contributed by atoms with E-state index < -0.39 is 11.9 Å². The van der Waals surface area contributed by atoms with Crippen molar-refractivity contribution >= 4 is 11.6 Å². The quantitative estimate of drug-likeness (QED) is 0.783. The van der Waals surface area contributed by atoms with Gasteiger partial charge in [-0.2, -0.15) is 0 Å². The Morgan fingerprint density at radius 1 is 1.08 bits per heavy atom. The van der Waals surface area contributed by atoms with E-state index in [0.717, 1.165) is 0 Å². The van der Waals surface area contributed by atoms with Crippen LogP contribution in [0.5, 0.6) is 11.5 Å². The molecule has 1 N–H and O–H groups in total. The highest BCUT2D eigenvalue weighted by Gasteiger charge is 2.27. The van der Waals surface area contributed by atoms with Crippen LogP contribution in [0.4, 0.5) is 10.1 Å². The fraction of sp³-hybridized carbons (Fsp3) is 0.100. The summed E-state index contributed by atoms with van der Waals surface area (Å²) in [6.45, 7) is 0.142. The van der Waals surface area contributed by atoms with Crippen LogP contribution in [-0.2, 0) is 4.79 Å². The molecule has 0 spiro atoms. The highest BCUT2D eigenvalue weighted by atomic mass is 19.1. The summed E-state index contributed by atoms with van der Waals surface area (Å²) in [5.74, 6) is 0.473. The molecule has 130 valence electrons. The summed E-state index contributed by atoms with van der Waals surface area (Å²) in [5.41, 5.74) is 1.75. The highest BCUT2D eigenvalue weighted by Crippen LogP contribution is 2.31. The molecule has 0 bridgehead atoms. The van der Waals surface area contributed by atoms with Gasteiger partial charge in [0.1, 0.15) is 12.4 Å². The summed E-state index contributed by atoms with van der Waals surface area (Å²) < 4.78 is 25.0. The van der Waals surface area contributed by atoms with Crippen molar-refractivity contribution in [3.63, 3.8) is 0 Å². The summed E-state index contributed by atoms with van der Waals surface area (Å²) in [6.07, 6.45) is 1.97. The number of para-hydroxylation sites is 2. The second-order valence-electron chi connectivity index (χ2n) is 5.79. The average Bonchev–Trinajstić information content (AvgIpc) is 2.69. The number of amides is 1. The number of aromatic nitrogens is 1. The molecular weight excluding hydrogens is 335 g/mol. The average molecular weight is 350 g/mol. The second kappa shape index (κ2) is 6.84. The summed E-state index contributed by atoms with van der Waals surface area (Å²) in [4.78, 5) is 16.1. The van der Waals surface area contributed by atoms with E-state index in [-0.39, 0.29) is 12.5 Å². The lowest BCUT2D eigenvalue weighted by Gasteiger charge is -2.25. The number of benzene rings is 2. The summed E-state index contributed by atoms with van der Waals surface area (Å²) >= 11 is 0. The number of carbonyl (C=O) groups excluding carboxylic acids is 1. The first-order valence-electron chi connectivity index (χ1n) is 8.10. The number of halogens is 1. The zero-order chi connectivity index (χ0) is 17.9. The molecule has 1 amide bonds. The van der Waals surface area contributed by atoms with E-state index in [1.54, 1.807) is 42.5 Å². The van der Waals surface area contributed by atoms with Gasteiger partial charge in [-0.25, -0.2) is 4.39 Å². The standard InChI is InChI=1S/C20H15FN2O3/c21-16-11-22-10-9-15(16)13-5-7-14(8-6-13)23-20(24)19-12-25-17-3-1-2-4-18(17)26-19/h1-11,19H,12H2,(H,23,24)/t19-/m0/s1. The van der Waals surface area contributed by atoms with Gasteiger partial charge in [0, 0.05) is 17.4 Å². The highest BCUT2D eigenvalue weighted by molar-refractivity contribution is 5.95. The van der Waals surface area contributed by atoms with E-state index in [1.165, 1.54) is 12.4 Å². The Bertz CT molecular complexity index is 944. The Kier molecular flexibility index (Phi) is 4.23. The lowest BCUT2D eigenvalue weighted by atomic mass is 10.1. The molecule has 0 radical (unpaired) electrons. The molecule has 6 heteroatoms. The molecule has 1 atom stereocenters. The van der Waals surface area contributed by atoms with Gasteiger partial charge in [0.25, 0.3) is 5.91 Å². The summed E-state index contributed by atoms with van der Waals surface area (Å²) in [7, 11) is 0. The Labute approximate surface area is 149 Å². The van der Waals surface area contributed by atoms with Gasteiger partial charge in [-0.3, -0.25) is 9.78 Å². The van der Waals surface area contributed by atoms with Crippen molar-refractivity contribution < 1.29 is 18.7 Å². The maximum Gasteiger partial charge on any atom is 0.269 e. The molecule has 0 fully saturated rings. The van der Waals surface area contributed by atoms with Gasteiger partial charge in [-0.15, -0.1) is 0 Å². The molecule has 1 aromatic heterocycles. The van der Waals surface area contributed by atoms with Crippen molar-refractivity contribution in [3.8, 4) is 22.6 Å². The third-order valence-electron chi connectivity index (χ3n) is 4.04. The number of hydrogen-bond donors (Lipinski definition) is 1. The first-order chi connectivity index (χ1) is 12.7. The normalized spacial score (nSPS) is 15.3. The van der Waals surface area contributed by atoms with Crippen molar-refractivity contribution in [2.24, 2.45) is 0 Å². The fourth-order valence-corrected chi connectivity index (χ4v) is 2.71. The largest absolute Gasteiger partial charge is 0.485 e. The number of carbonyl (C=O) groups is 1. The third kappa shape index (κ3) is 3.21. The predicted octanol–water partition coefficient (Wildman–Crippen LogP) is 3.67. The van der Waals surface area contributed by atoms with Crippen LogP contribution in [-0.4, -0.2) is 23.6 Å². The fourth-order valence-electron chi connectivity index (χ4n) is 2.71. The minimum absolute atomic E-state index is 0.142. The van der Waals surface area contributed by atoms with Crippen LogP contribution < -0.4 is 14.8 Å². The number of pyridine rings is 1. The van der Waals surface area contributed by atoms with Crippen LogP contribution in [0.3, 0.4) is 0 Å². The Morgan fingerprint density at radius 2 is 1.85 bits per heavy atom. The van der Waals surface area contributed by atoms with Crippen molar-refractivity contribution in [2.75, 3.05) is 11.9 Å². The molecule has 4 rings (SSSR count). The van der Waals surface area contributed by atoms with Crippen molar-refractivity contribution in [1.82, 2.24) is 4.98 Å². The molecule has 2 heterocycles. The maximum atomic E-state index is 13.8. The van der Waals surface area contributed by atoms with E-state index >= 15 is 0 Å². The first-order valence-corrected chi connectivity index (χ1v) is 8.10. The van der Waals surface area contributed by atoms with Crippen molar-refractivity contribution in [1.29, 1.82) is 0 Å². The van der Waals surface area contributed by atoms with Gasteiger partial charge in [0.2, 0.25) is 6.10 Å². The van der Waals surface area contributed by atoms with E-state index in [4.69, 9.17) is 9.47 Å². The molecular formula is C20H15FN2O3. The number of ether oxygens (including phenoxy) is 2. The van der Waals surface area contributed by atoms with Crippen LogP contribution in [0.15, 0.2) is 67.0 Å². The van der Waals surface area contributed by atoms with Crippen LogP contribution in [0.1, 0.15) is 0 Å². The molecule has 0 unspecified atom stereocenters. The molecule has 0 saturated carbocycles. The molecule has 5 nitrogen and oxygen atoms in total. The monoisotopic (exact) mass is 350 g/mol. The van der Waals surface area contributed by atoms with Gasteiger partial charge >= 0.3 is 0 Å². The number of anilines is 1. The number of nitrogens with zero attached hydrogens (tertiary/aromatic N) is 1. The topological polar surface area (TPSA) is 60.5 Å². The molecule has 0 saturated heterocycles. The van der Waals surface area contributed by atoms with Gasteiger partial charge in [0.05, 0.1) is 6.20 Å². The van der Waals surface area contributed by atoms with Crippen LogP contribution in [0.2, 0.25) is 0 Å². The van der Waals surface area contributed by atoms with E-state index in [0.29, 0.717) is 28.3 Å². The first kappa shape index (κ1) is 16.1. The van der Waals surface area contributed by atoms with Gasteiger partial charge < -0.3 is 14.8 Å². The maximum absolute atomic E-state index is 13.8. The number of hydrogen-bond acceptors (Lipinski definition) is 4. The van der Waals surface area contributed by atoms with Gasteiger partial charge in [-0.05, 0) is 35.9 Å².